The third-order valence-electron chi connectivity index (χ3n) is 3.31. The lowest BCUT2D eigenvalue weighted by Crippen LogP contribution is -2.15. The summed E-state index contributed by atoms with van der Waals surface area (Å²) in [4.78, 5) is 6.53. The molecule has 21 heavy (non-hydrogen) atoms. The van der Waals surface area contributed by atoms with Crippen LogP contribution in [0.5, 0.6) is 5.75 Å². The van der Waals surface area contributed by atoms with E-state index in [-0.39, 0.29) is 6.61 Å². The Kier molecular flexibility index (Phi) is 5.41. The van der Waals surface area contributed by atoms with Crippen molar-refractivity contribution in [1.82, 2.24) is 14.5 Å². The van der Waals surface area contributed by atoms with Crippen LogP contribution in [-0.2, 0) is 6.54 Å². The molecule has 1 heterocycles. The van der Waals surface area contributed by atoms with Crippen LogP contribution < -0.4 is 10.5 Å². The summed E-state index contributed by atoms with van der Waals surface area (Å²) >= 11 is 0. The molecule has 0 aliphatic heterocycles. The van der Waals surface area contributed by atoms with Gasteiger partial charge in [-0.25, -0.2) is 4.98 Å². The molecule has 0 amide bonds. The standard InChI is InChI=1S/C15H24N4O2/c1-18(2)7-3-8-19-14-11-12(21-10-4-9-20)5-6-13(14)17-15(19)16/h5-6,11,20H,3-4,7-10H2,1-2H3,(H2,16,17). The molecule has 1 aromatic carbocycles. The van der Waals surface area contributed by atoms with Gasteiger partial charge in [0, 0.05) is 25.6 Å². The van der Waals surface area contributed by atoms with Crippen molar-refractivity contribution in [1.29, 1.82) is 0 Å². The first-order valence-corrected chi connectivity index (χ1v) is 7.26. The number of ether oxygens (including phenoxy) is 1. The molecule has 2 rings (SSSR count). The summed E-state index contributed by atoms with van der Waals surface area (Å²) in [5.74, 6) is 1.32. The first kappa shape index (κ1) is 15.6. The van der Waals surface area contributed by atoms with Gasteiger partial charge in [-0.1, -0.05) is 0 Å². The van der Waals surface area contributed by atoms with E-state index in [2.05, 4.69) is 24.0 Å². The molecule has 0 fully saturated rings. The van der Waals surface area contributed by atoms with Crippen LogP contribution >= 0.6 is 0 Å². The van der Waals surface area contributed by atoms with E-state index in [9.17, 15) is 0 Å². The Bertz CT molecular complexity index is 580. The number of nitrogen functional groups attached to an aromatic ring is 1. The van der Waals surface area contributed by atoms with Crippen molar-refractivity contribution in [2.45, 2.75) is 19.4 Å². The van der Waals surface area contributed by atoms with E-state index < -0.39 is 0 Å². The quantitative estimate of drug-likeness (QED) is 0.718. The van der Waals surface area contributed by atoms with E-state index in [1.165, 1.54) is 0 Å². The number of aryl methyl sites for hydroxylation is 1. The second-order valence-electron chi connectivity index (χ2n) is 5.35. The number of anilines is 1. The maximum Gasteiger partial charge on any atom is 0.201 e. The third kappa shape index (κ3) is 4.09. The number of nitrogens with two attached hydrogens (primary N) is 1. The molecule has 0 unspecified atom stereocenters. The summed E-state index contributed by atoms with van der Waals surface area (Å²) in [7, 11) is 4.12. The summed E-state index contributed by atoms with van der Waals surface area (Å²) in [5.41, 5.74) is 7.88. The maximum absolute atomic E-state index is 8.79. The van der Waals surface area contributed by atoms with E-state index in [0.29, 0.717) is 19.0 Å². The zero-order valence-electron chi connectivity index (χ0n) is 12.7. The lowest BCUT2D eigenvalue weighted by molar-refractivity contribution is 0.233. The summed E-state index contributed by atoms with van der Waals surface area (Å²) in [6.07, 6.45) is 1.64. The number of nitrogens with zero attached hydrogens (tertiary/aromatic N) is 3. The van der Waals surface area contributed by atoms with Crippen LogP contribution in [0.25, 0.3) is 11.0 Å². The smallest absolute Gasteiger partial charge is 0.201 e. The molecule has 0 aliphatic carbocycles. The van der Waals surface area contributed by atoms with Gasteiger partial charge in [0.05, 0.1) is 17.6 Å². The minimum Gasteiger partial charge on any atom is -0.493 e. The van der Waals surface area contributed by atoms with Gasteiger partial charge >= 0.3 is 0 Å². The van der Waals surface area contributed by atoms with Gasteiger partial charge in [-0.2, -0.15) is 0 Å². The number of aromatic nitrogens is 2. The molecule has 0 bridgehead atoms. The van der Waals surface area contributed by atoms with Crippen LogP contribution in [0.4, 0.5) is 5.95 Å². The second kappa shape index (κ2) is 7.28. The Labute approximate surface area is 125 Å². The summed E-state index contributed by atoms with van der Waals surface area (Å²) < 4.78 is 7.64. The molecule has 0 atom stereocenters. The van der Waals surface area contributed by atoms with Crippen LogP contribution in [0.15, 0.2) is 18.2 Å². The molecule has 0 saturated carbocycles. The van der Waals surface area contributed by atoms with Gasteiger partial charge in [0.1, 0.15) is 5.75 Å². The SMILES string of the molecule is CN(C)CCCn1c(N)nc2ccc(OCCCO)cc21. The monoisotopic (exact) mass is 292 g/mol. The Morgan fingerprint density at radius 3 is 2.86 bits per heavy atom. The molecule has 1 aromatic heterocycles. The van der Waals surface area contributed by atoms with Crippen LogP contribution in [0.3, 0.4) is 0 Å². The highest BCUT2D eigenvalue weighted by molar-refractivity contribution is 5.79. The number of imidazole rings is 1. The van der Waals surface area contributed by atoms with Crippen molar-refractivity contribution in [3.8, 4) is 5.75 Å². The summed E-state index contributed by atoms with van der Waals surface area (Å²) in [6, 6.07) is 5.77. The van der Waals surface area contributed by atoms with Crippen LogP contribution in [0, 0.1) is 0 Å². The number of benzene rings is 1. The van der Waals surface area contributed by atoms with E-state index in [0.717, 1.165) is 36.3 Å². The lowest BCUT2D eigenvalue weighted by atomic mass is 10.3. The van der Waals surface area contributed by atoms with Crippen molar-refractivity contribution in [3.63, 3.8) is 0 Å². The maximum atomic E-state index is 8.79. The van der Waals surface area contributed by atoms with E-state index >= 15 is 0 Å². The molecule has 0 aliphatic rings. The van der Waals surface area contributed by atoms with Crippen molar-refractivity contribution in [2.24, 2.45) is 0 Å². The summed E-state index contributed by atoms with van der Waals surface area (Å²) in [6.45, 7) is 2.48. The molecule has 0 radical (unpaired) electrons. The number of fused-ring (bicyclic) bond motifs is 1. The van der Waals surface area contributed by atoms with Gasteiger partial charge in [-0.15, -0.1) is 0 Å². The average Bonchev–Trinajstić information content (AvgIpc) is 2.75. The van der Waals surface area contributed by atoms with E-state index in [1.807, 2.05) is 22.8 Å². The molecule has 2 aromatic rings. The normalized spacial score (nSPS) is 11.4. The zero-order valence-corrected chi connectivity index (χ0v) is 12.7. The van der Waals surface area contributed by atoms with E-state index in [1.54, 1.807) is 0 Å². The fraction of sp³-hybridized carbons (Fsp3) is 0.533. The lowest BCUT2D eigenvalue weighted by Gasteiger charge is -2.11. The van der Waals surface area contributed by atoms with Gasteiger partial charge < -0.3 is 25.0 Å². The first-order chi connectivity index (χ1) is 10.1. The van der Waals surface area contributed by atoms with Crippen LogP contribution in [0.2, 0.25) is 0 Å². The van der Waals surface area contributed by atoms with Crippen molar-refractivity contribution < 1.29 is 9.84 Å². The summed E-state index contributed by atoms with van der Waals surface area (Å²) in [5, 5.41) is 8.79. The Hall–Kier alpha value is -1.79. The van der Waals surface area contributed by atoms with Gasteiger partial charge in [-0.05, 0) is 39.2 Å². The number of rotatable bonds is 8. The van der Waals surface area contributed by atoms with Crippen molar-refractivity contribution in [2.75, 3.05) is 39.6 Å². The average molecular weight is 292 g/mol. The number of hydrogen-bond donors (Lipinski definition) is 2. The molecular weight excluding hydrogens is 268 g/mol. The first-order valence-electron chi connectivity index (χ1n) is 7.26. The van der Waals surface area contributed by atoms with Crippen molar-refractivity contribution >= 4 is 17.0 Å². The van der Waals surface area contributed by atoms with Crippen LogP contribution in [-0.4, -0.2) is 53.4 Å². The molecule has 0 spiro atoms. The van der Waals surface area contributed by atoms with E-state index in [4.69, 9.17) is 15.6 Å². The highest BCUT2D eigenvalue weighted by atomic mass is 16.5. The predicted octanol–water partition coefficient (Wildman–Crippen LogP) is 1.33. The topological polar surface area (TPSA) is 76.5 Å². The fourth-order valence-electron chi connectivity index (χ4n) is 2.25. The zero-order chi connectivity index (χ0) is 15.2. The molecule has 3 N–H and O–H groups in total. The van der Waals surface area contributed by atoms with Crippen LogP contribution in [0.1, 0.15) is 12.8 Å². The third-order valence-corrected chi connectivity index (χ3v) is 3.31. The molecule has 0 saturated heterocycles. The molecule has 6 nitrogen and oxygen atoms in total. The highest BCUT2D eigenvalue weighted by Gasteiger charge is 2.09. The Morgan fingerprint density at radius 2 is 2.14 bits per heavy atom. The largest absolute Gasteiger partial charge is 0.493 e. The molecule has 6 heteroatoms. The Morgan fingerprint density at radius 1 is 1.33 bits per heavy atom. The number of hydrogen-bond acceptors (Lipinski definition) is 5. The highest BCUT2D eigenvalue weighted by Crippen LogP contribution is 2.23. The Balaban J connectivity index is 2.14. The minimum absolute atomic E-state index is 0.137. The predicted molar refractivity (Wildman–Crippen MR) is 84.5 cm³/mol. The molecular formula is C15H24N4O2. The van der Waals surface area contributed by atoms with Gasteiger partial charge in [0.2, 0.25) is 5.95 Å². The minimum atomic E-state index is 0.137. The van der Waals surface area contributed by atoms with Gasteiger partial charge in [-0.3, -0.25) is 0 Å². The second-order valence-corrected chi connectivity index (χ2v) is 5.35. The fourth-order valence-corrected chi connectivity index (χ4v) is 2.25. The van der Waals surface area contributed by atoms with Gasteiger partial charge in [0.25, 0.3) is 0 Å². The molecule has 116 valence electrons. The van der Waals surface area contributed by atoms with Gasteiger partial charge in [0.15, 0.2) is 0 Å². The number of aliphatic hydroxyl groups excluding tert-OH is 1. The van der Waals surface area contributed by atoms with Crippen molar-refractivity contribution in [3.05, 3.63) is 18.2 Å². The number of aliphatic hydroxyl groups is 1.